The van der Waals surface area contributed by atoms with Crippen molar-refractivity contribution in [3.05, 3.63) is 36.4 Å². The van der Waals surface area contributed by atoms with Crippen molar-refractivity contribution in [2.45, 2.75) is 5.22 Å². The van der Waals surface area contributed by atoms with E-state index in [1.165, 1.54) is 7.11 Å². The molecule has 0 saturated heterocycles. The summed E-state index contributed by atoms with van der Waals surface area (Å²) < 4.78 is 26.7. The van der Waals surface area contributed by atoms with Gasteiger partial charge in [-0.3, -0.25) is 4.79 Å². The Hall–Kier alpha value is -3.40. The largest absolute Gasteiger partial charge is 0.497 e. The van der Waals surface area contributed by atoms with E-state index in [0.29, 0.717) is 40.1 Å². The topological polar surface area (TPSA) is 105 Å². The monoisotopic (exact) mass is 415 g/mol. The number of fused-ring (bicyclic) bond motifs is 1. The molecule has 150 valence electrons. The molecule has 0 saturated carbocycles. The lowest BCUT2D eigenvalue weighted by Gasteiger charge is -2.11. The van der Waals surface area contributed by atoms with Crippen LogP contribution in [-0.2, 0) is 4.79 Å². The number of amides is 1. The summed E-state index contributed by atoms with van der Waals surface area (Å²) in [5, 5.41) is 11.1. The Balaban J connectivity index is 1.37. The molecule has 29 heavy (non-hydrogen) atoms. The Bertz CT molecular complexity index is 1040. The zero-order valence-electron chi connectivity index (χ0n) is 15.6. The van der Waals surface area contributed by atoms with Crippen LogP contribution in [-0.4, -0.2) is 42.9 Å². The van der Waals surface area contributed by atoms with Crippen LogP contribution in [0.2, 0.25) is 0 Å². The highest BCUT2D eigenvalue weighted by molar-refractivity contribution is 7.99. The molecule has 1 amide bonds. The van der Waals surface area contributed by atoms with E-state index in [1.54, 1.807) is 43.5 Å². The fraction of sp³-hybridized carbons (Fsp3) is 0.211. The minimum Gasteiger partial charge on any atom is -0.497 e. The van der Waals surface area contributed by atoms with Crippen molar-refractivity contribution in [1.29, 1.82) is 0 Å². The predicted octanol–water partition coefficient (Wildman–Crippen LogP) is 3.21. The van der Waals surface area contributed by atoms with Crippen LogP contribution < -0.4 is 24.3 Å². The number of hydrogen-bond donors (Lipinski definition) is 1. The van der Waals surface area contributed by atoms with Gasteiger partial charge in [0.25, 0.3) is 5.22 Å². The summed E-state index contributed by atoms with van der Waals surface area (Å²) in [5.74, 6) is 2.64. The molecule has 2 heterocycles. The number of aromatic nitrogens is 2. The van der Waals surface area contributed by atoms with E-state index in [2.05, 4.69) is 15.5 Å². The maximum Gasteiger partial charge on any atom is 0.277 e. The van der Waals surface area contributed by atoms with Gasteiger partial charge in [0, 0.05) is 11.6 Å². The minimum atomic E-state index is -0.235. The van der Waals surface area contributed by atoms with Gasteiger partial charge in [-0.1, -0.05) is 11.8 Å². The summed E-state index contributed by atoms with van der Waals surface area (Å²) in [6, 6.07) is 10.5. The Kier molecular flexibility index (Phi) is 5.43. The summed E-state index contributed by atoms with van der Waals surface area (Å²) in [7, 11) is 3.08. The second kappa shape index (κ2) is 8.31. The molecule has 4 rings (SSSR count). The van der Waals surface area contributed by atoms with Crippen molar-refractivity contribution < 1.29 is 28.2 Å². The fourth-order valence-corrected chi connectivity index (χ4v) is 3.19. The Labute approximate surface area is 170 Å². The van der Waals surface area contributed by atoms with E-state index >= 15 is 0 Å². The number of nitrogens with zero attached hydrogens (tertiary/aromatic N) is 2. The molecule has 0 spiro atoms. The van der Waals surface area contributed by atoms with Crippen LogP contribution in [0.25, 0.3) is 11.5 Å². The number of carbonyl (C=O) groups excluding carboxylic acids is 1. The first-order valence-corrected chi connectivity index (χ1v) is 9.53. The number of anilines is 1. The molecule has 1 N–H and O–H groups in total. The summed E-state index contributed by atoms with van der Waals surface area (Å²) in [6.07, 6.45) is 0. The Morgan fingerprint density at radius 3 is 2.79 bits per heavy atom. The van der Waals surface area contributed by atoms with Crippen LogP contribution in [0.1, 0.15) is 0 Å². The van der Waals surface area contributed by atoms with Gasteiger partial charge in [0.05, 0.1) is 25.7 Å². The van der Waals surface area contributed by atoms with Gasteiger partial charge in [-0.05, 0) is 30.3 Å². The summed E-state index contributed by atoms with van der Waals surface area (Å²) in [4.78, 5) is 12.3. The second-order valence-electron chi connectivity index (χ2n) is 5.84. The van der Waals surface area contributed by atoms with Gasteiger partial charge in [0.15, 0.2) is 11.5 Å². The molecule has 1 aliphatic rings. The van der Waals surface area contributed by atoms with Gasteiger partial charge < -0.3 is 28.7 Å². The molecule has 3 aromatic rings. The molecule has 0 bridgehead atoms. The zero-order chi connectivity index (χ0) is 20.2. The zero-order valence-corrected chi connectivity index (χ0v) is 16.4. The van der Waals surface area contributed by atoms with Crippen LogP contribution >= 0.6 is 11.8 Å². The molecule has 1 aromatic heterocycles. The van der Waals surface area contributed by atoms with Crippen molar-refractivity contribution >= 4 is 23.4 Å². The highest BCUT2D eigenvalue weighted by Gasteiger charge is 2.17. The van der Waals surface area contributed by atoms with Crippen LogP contribution in [0.3, 0.4) is 0 Å². The van der Waals surface area contributed by atoms with Gasteiger partial charge in [-0.15, -0.1) is 10.2 Å². The van der Waals surface area contributed by atoms with Crippen LogP contribution in [0, 0.1) is 0 Å². The highest BCUT2D eigenvalue weighted by Crippen LogP contribution is 2.36. The first-order chi connectivity index (χ1) is 14.2. The van der Waals surface area contributed by atoms with E-state index in [0.717, 1.165) is 11.8 Å². The van der Waals surface area contributed by atoms with E-state index in [4.69, 9.17) is 23.4 Å². The lowest BCUT2D eigenvalue weighted by Crippen LogP contribution is -2.14. The second-order valence-corrected chi connectivity index (χ2v) is 6.77. The molecule has 0 radical (unpaired) electrons. The predicted molar refractivity (Wildman–Crippen MR) is 105 cm³/mol. The molecule has 1 aliphatic heterocycles. The maximum atomic E-state index is 12.3. The van der Waals surface area contributed by atoms with Gasteiger partial charge in [0.1, 0.15) is 11.5 Å². The SMILES string of the molecule is COc1ccc(NC(=O)CSc2nnc(-c3ccc4c(c3)OCO4)o2)c(OC)c1. The number of nitrogens with one attached hydrogen (secondary N) is 1. The van der Waals surface area contributed by atoms with Crippen molar-refractivity contribution in [2.75, 3.05) is 32.1 Å². The van der Waals surface area contributed by atoms with E-state index in [-0.39, 0.29) is 23.7 Å². The van der Waals surface area contributed by atoms with Crippen molar-refractivity contribution in [1.82, 2.24) is 10.2 Å². The molecule has 0 unspecified atom stereocenters. The number of thioether (sulfide) groups is 1. The molecular weight excluding hydrogens is 398 g/mol. The average Bonchev–Trinajstić information content (AvgIpc) is 3.41. The van der Waals surface area contributed by atoms with Crippen molar-refractivity contribution in [3.8, 4) is 34.5 Å². The average molecular weight is 415 g/mol. The molecule has 0 atom stereocenters. The fourth-order valence-electron chi connectivity index (χ4n) is 2.63. The first kappa shape index (κ1) is 18.9. The number of carbonyl (C=O) groups is 1. The third-order valence-corrected chi connectivity index (χ3v) is 4.85. The van der Waals surface area contributed by atoms with Gasteiger partial charge >= 0.3 is 0 Å². The molecule has 10 heteroatoms. The van der Waals surface area contributed by atoms with Crippen LogP contribution in [0.15, 0.2) is 46.0 Å². The molecular formula is C19H17N3O6S. The molecule has 2 aromatic carbocycles. The smallest absolute Gasteiger partial charge is 0.277 e. The lowest BCUT2D eigenvalue weighted by molar-refractivity contribution is -0.113. The summed E-state index contributed by atoms with van der Waals surface area (Å²) in [6.45, 7) is 0.192. The van der Waals surface area contributed by atoms with Crippen molar-refractivity contribution in [2.24, 2.45) is 0 Å². The van der Waals surface area contributed by atoms with Gasteiger partial charge in [0.2, 0.25) is 18.6 Å². The van der Waals surface area contributed by atoms with Crippen LogP contribution in [0.5, 0.6) is 23.0 Å². The highest BCUT2D eigenvalue weighted by atomic mass is 32.2. The Morgan fingerprint density at radius 2 is 1.97 bits per heavy atom. The van der Waals surface area contributed by atoms with Gasteiger partial charge in [-0.25, -0.2) is 0 Å². The quantitative estimate of drug-likeness (QED) is 0.582. The van der Waals surface area contributed by atoms with Gasteiger partial charge in [-0.2, -0.15) is 0 Å². The standard InChI is InChI=1S/C19H17N3O6S/c1-24-12-4-5-13(15(8-12)25-2)20-17(23)9-29-19-22-21-18(28-19)11-3-6-14-16(7-11)27-10-26-14/h3-8H,9-10H2,1-2H3,(H,20,23). The lowest BCUT2D eigenvalue weighted by atomic mass is 10.2. The number of methoxy groups -OCH3 is 2. The maximum absolute atomic E-state index is 12.3. The third kappa shape index (κ3) is 4.21. The normalized spacial score (nSPS) is 11.9. The Morgan fingerprint density at radius 1 is 1.10 bits per heavy atom. The third-order valence-electron chi connectivity index (χ3n) is 4.04. The summed E-state index contributed by atoms with van der Waals surface area (Å²) >= 11 is 1.14. The van der Waals surface area contributed by atoms with Crippen molar-refractivity contribution in [3.63, 3.8) is 0 Å². The number of rotatable bonds is 7. The van der Waals surface area contributed by atoms with Crippen LogP contribution in [0.4, 0.5) is 5.69 Å². The molecule has 9 nitrogen and oxygen atoms in total. The number of benzene rings is 2. The molecule has 0 aliphatic carbocycles. The number of hydrogen-bond acceptors (Lipinski definition) is 9. The summed E-state index contributed by atoms with van der Waals surface area (Å²) in [5.41, 5.74) is 1.26. The van der Waals surface area contributed by atoms with E-state index in [1.807, 2.05) is 0 Å². The van der Waals surface area contributed by atoms with E-state index in [9.17, 15) is 4.79 Å². The first-order valence-electron chi connectivity index (χ1n) is 8.54. The number of ether oxygens (including phenoxy) is 4. The molecule has 0 fully saturated rings. The van der Waals surface area contributed by atoms with E-state index < -0.39 is 0 Å². The minimum absolute atomic E-state index is 0.0952.